The summed E-state index contributed by atoms with van der Waals surface area (Å²) in [6, 6.07) is 13.5. The number of benzene rings is 1. The summed E-state index contributed by atoms with van der Waals surface area (Å²) in [5, 5.41) is 12.3. The molecule has 2 N–H and O–H groups in total. The number of pyridine rings is 1. The van der Waals surface area contributed by atoms with Gasteiger partial charge in [0.05, 0.1) is 12.1 Å². The van der Waals surface area contributed by atoms with Crippen molar-refractivity contribution in [2.75, 3.05) is 0 Å². The molecule has 1 heterocycles. The summed E-state index contributed by atoms with van der Waals surface area (Å²) in [5.41, 5.74) is 2.83. The van der Waals surface area contributed by atoms with Crippen LogP contribution >= 0.6 is 0 Å². The van der Waals surface area contributed by atoms with Crippen molar-refractivity contribution >= 4 is 5.97 Å². The Bertz CT molecular complexity index is 570. The number of carboxylic acid groups (broad SMARTS) is 1. The maximum Gasteiger partial charge on any atom is 0.307 e. The molecule has 1 aromatic heterocycles. The van der Waals surface area contributed by atoms with Crippen LogP contribution < -0.4 is 5.32 Å². The lowest BCUT2D eigenvalue weighted by molar-refractivity contribution is -0.136. The number of carboxylic acids is 1. The van der Waals surface area contributed by atoms with Crippen LogP contribution in [-0.2, 0) is 17.8 Å². The first-order chi connectivity index (χ1) is 9.66. The summed E-state index contributed by atoms with van der Waals surface area (Å²) >= 11 is 0. The third-order valence-electron chi connectivity index (χ3n) is 3.19. The average molecular weight is 270 g/mol. The molecule has 1 aromatic carbocycles. The molecule has 0 aliphatic carbocycles. The number of aromatic nitrogens is 1. The van der Waals surface area contributed by atoms with E-state index in [1.54, 1.807) is 6.20 Å². The Hall–Kier alpha value is -2.20. The van der Waals surface area contributed by atoms with E-state index in [9.17, 15) is 4.79 Å². The molecule has 0 spiro atoms. The number of rotatable bonds is 6. The van der Waals surface area contributed by atoms with Gasteiger partial charge in [0.15, 0.2) is 0 Å². The molecule has 2 rings (SSSR count). The molecule has 0 unspecified atom stereocenters. The highest BCUT2D eigenvalue weighted by atomic mass is 16.4. The molecule has 4 nitrogen and oxygen atoms in total. The Balaban J connectivity index is 2.02. The molecule has 0 saturated carbocycles. The fourth-order valence-corrected chi connectivity index (χ4v) is 2.07. The van der Waals surface area contributed by atoms with Gasteiger partial charge >= 0.3 is 5.97 Å². The van der Waals surface area contributed by atoms with E-state index in [0.717, 1.165) is 16.8 Å². The predicted molar refractivity (Wildman–Crippen MR) is 77.3 cm³/mol. The molecule has 2 aromatic rings. The van der Waals surface area contributed by atoms with Gasteiger partial charge in [-0.2, -0.15) is 0 Å². The fourth-order valence-electron chi connectivity index (χ4n) is 2.07. The molecule has 20 heavy (non-hydrogen) atoms. The van der Waals surface area contributed by atoms with E-state index in [1.165, 1.54) is 0 Å². The molecular weight excluding hydrogens is 252 g/mol. The number of nitrogens with zero attached hydrogens (tertiary/aromatic N) is 1. The van der Waals surface area contributed by atoms with Crippen molar-refractivity contribution in [1.29, 1.82) is 0 Å². The first-order valence-corrected chi connectivity index (χ1v) is 6.59. The number of hydrogen-bond acceptors (Lipinski definition) is 3. The molecule has 0 radical (unpaired) electrons. The molecule has 104 valence electrons. The second kappa shape index (κ2) is 6.82. The van der Waals surface area contributed by atoms with Gasteiger partial charge in [0, 0.05) is 18.8 Å². The van der Waals surface area contributed by atoms with E-state index in [0.29, 0.717) is 6.54 Å². The Morgan fingerprint density at radius 1 is 1.20 bits per heavy atom. The number of carbonyl (C=O) groups is 1. The van der Waals surface area contributed by atoms with Crippen LogP contribution in [0.3, 0.4) is 0 Å². The highest BCUT2D eigenvalue weighted by molar-refractivity contribution is 5.70. The predicted octanol–water partition coefficient (Wildman–Crippen LogP) is 2.56. The average Bonchev–Trinajstić information content (AvgIpc) is 2.46. The van der Waals surface area contributed by atoms with Crippen LogP contribution in [0, 0.1) is 0 Å². The summed E-state index contributed by atoms with van der Waals surface area (Å²) in [6.45, 7) is 2.67. The van der Waals surface area contributed by atoms with E-state index in [4.69, 9.17) is 5.11 Å². The number of nitrogens with one attached hydrogen (secondary N) is 1. The first kappa shape index (κ1) is 14.2. The van der Waals surface area contributed by atoms with Gasteiger partial charge in [-0.15, -0.1) is 0 Å². The van der Waals surface area contributed by atoms with Gasteiger partial charge in [-0.25, -0.2) is 0 Å². The SMILES string of the molecule is C[C@@H](NCc1ccccc1CC(=O)O)c1ccccn1. The Morgan fingerprint density at radius 2 is 1.90 bits per heavy atom. The monoisotopic (exact) mass is 270 g/mol. The molecule has 0 bridgehead atoms. The quantitative estimate of drug-likeness (QED) is 0.847. The molecule has 0 amide bonds. The second-order valence-corrected chi connectivity index (χ2v) is 4.70. The topological polar surface area (TPSA) is 62.2 Å². The maximum atomic E-state index is 10.9. The van der Waals surface area contributed by atoms with Crippen LogP contribution in [0.1, 0.15) is 29.8 Å². The molecule has 0 aliphatic heterocycles. The molecule has 0 aliphatic rings. The maximum absolute atomic E-state index is 10.9. The van der Waals surface area contributed by atoms with Crippen LogP contribution in [0.15, 0.2) is 48.7 Å². The van der Waals surface area contributed by atoms with Crippen LogP contribution in [0.2, 0.25) is 0 Å². The van der Waals surface area contributed by atoms with E-state index < -0.39 is 5.97 Å². The molecule has 1 atom stereocenters. The summed E-state index contributed by atoms with van der Waals surface area (Å²) in [5.74, 6) is -0.810. The lowest BCUT2D eigenvalue weighted by Gasteiger charge is -2.15. The van der Waals surface area contributed by atoms with E-state index >= 15 is 0 Å². The van der Waals surface area contributed by atoms with E-state index in [2.05, 4.69) is 10.3 Å². The summed E-state index contributed by atoms with van der Waals surface area (Å²) < 4.78 is 0. The van der Waals surface area contributed by atoms with Crippen molar-refractivity contribution in [3.8, 4) is 0 Å². The minimum Gasteiger partial charge on any atom is -0.481 e. The molecule has 0 fully saturated rings. The van der Waals surface area contributed by atoms with Gasteiger partial charge in [-0.05, 0) is 30.2 Å². The Kier molecular flexibility index (Phi) is 4.85. The second-order valence-electron chi connectivity index (χ2n) is 4.70. The van der Waals surface area contributed by atoms with Gasteiger partial charge in [-0.3, -0.25) is 9.78 Å². The summed E-state index contributed by atoms with van der Waals surface area (Å²) in [6.07, 6.45) is 1.82. The van der Waals surface area contributed by atoms with Crippen molar-refractivity contribution in [2.45, 2.75) is 25.9 Å². The van der Waals surface area contributed by atoms with Crippen molar-refractivity contribution in [3.63, 3.8) is 0 Å². The summed E-state index contributed by atoms with van der Waals surface area (Å²) in [7, 11) is 0. The highest BCUT2D eigenvalue weighted by Gasteiger charge is 2.09. The van der Waals surface area contributed by atoms with Gasteiger partial charge in [0.1, 0.15) is 0 Å². The minimum absolute atomic E-state index is 0.0514. The van der Waals surface area contributed by atoms with Crippen molar-refractivity contribution in [3.05, 3.63) is 65.5 Å². The minimum atomic E-state index is -0.810. The lowest BCUT2D eigenvalue weighted by atomic mass is 10.0. The third kappa shape index (κ3) is 3.90. The Morgan fingerprint density at radius 3 is 2.55 bits per heavy atom. The lowest BCUT2D eigenvalue weighted by Crippen LogP contribution is -2.20. The van der Waals surface area contributed by atoms with E-state index in [1.807, 2.05) is 49.4 Å². The zero-order valence-corrected chi connectivity index (χ0v) is 11.4. The van der Waals surface area contributed by atoms with Gasteiger partial charge in [0.25, 0.3) is 0 Å². The van der Waals surface area contributed by atoms with Crippen molar-refractivity contribution in [2.24, 2.45) is 0 Å². The first-order valence-electron chi connectivity index (χ1n) is 6.59. The van der Waals surface area contributed by atoms with Crippen LogP contribution in [0.4, 0.5) is 0 Å². The third-order valence-corrected chi connectivity index (χ3v) is 3.19. The van der Waals surface area contributed by atoms with Crippen molar-refractivity contribution in [1.82, 2.24) is 10.3 Å². The van der Waals surface area contributed by atoms with Crippen LogP contribution in [0.5, 0.6) is 0 Å². The highest BCUT2D eigenvalue weighted by Crippen LogP contribution is 2.13. The fraction of sp³-hybridized carbons (Fsp3) is 0.250. The summed E-state index contributed by atoms with van der Waals surface area (Å²) in [4.78, 5) is 15.2. The Labute approximate surface area is 118 Å². The molecule has 0 saturated heterocycles. The smallest absolute Gasteiger partial charge is 0.307 e. The van der Waals surface area contributed by atoms with Gasteiger partial charge in [0.2, 0.25) is 0 Å². The van der Waals surface area contributed by atoms with Crippen molar-refractivity contribution < 1.29 is 9.90 Å². The standard InChI is InChI=1S/C16H18N2O2/c1-12(15-8-4-5-9-17-15)18-11-14-7-3-2-6-13(14)10-16(19)20/h2-9,12,18H,10-11H2,1H3,(H,19,20)/t12-/m1/s1. The number of aliphatic carboxylic acids is 1. The zero-order chi connectivity index (χ0) is 14.4. The normalized spacial score (nSPS) is 12.1. The molecule has 4 heteroatoms. The van der Waals surface area contributed by atoms with Gasteiger partial charge < -0.3 is 10.4 Å². The van der Waals surface area contributed by atoms with E-state index in [-0.39, 0.29) is 12.5 Å². The van der Waals surface area contributed by atoms with Crippen LogP contribution in [-0.4, -0.2) is 16.1 Å². The largest absolute Gasteiger partial charge is 0.481 e. The zero-order valence-electron chi connectivity index (χ0n) is 11.4. The van der Waals surface area contributed by atoms with Crippen LogP contribution in [0.25, 0.3) is 0 Å². The number of hydrogen-bond donors (Lipinski definition) is 2. The van der Waals surface area contributed by atoms with Gasteiger partial charge in [-0.1, -0.05) is 30.3 Å². The molecular formula is C16H18N2O2.